The van der Waals surface area contributed by atoms with Gasteiger partial charge in [0.2, 0.25) is 0 Å². The quantitative estimate of drug-likeness (QED) is 0.433. The van der Waals surface area contributed by atoms with Gasteiger partial charge in [-0.05, 0) is 31.3 Å². The zero-order valence-electron chi connectivity index (χ0n) is 8.01. The molecule has 0 aliphatic heterocycles. The monoisotopic (exact) mass is 209 g/mol. The van der Waals surface area contributed by atoms with Crippen LogP contribution in [0.1, 0.15) is 12.6 Å². The minimum absolute atomic E-state index is 0.216. The normalized spacial score (nSPS) is 11.1. The fourth-order valence-corrected chi connectivity index (χ4v) is 0.861. The summed E-state index contributed by atoms with van der Waals surface area (Å²) < 4.78 is 0. The van der Waals surface area contributed by atoms with Gasteiger partial charge in [0.15, 0.2) is 5.11 Å². The lowest BCUT2D eigenvalue weighted by molar-refractivity contribution is 0.548. The second kappa shape index (κ2) is 4.61. The summed E-state index contributed by atoms with van der Waals surface area (Å²) in [5, 5.41) is 13.4. The molecule has 0 fully saturated rings. The Bertz CT molecular complexity index is 348. The lowest BCUT2D eigenvalue weighted by atomic mass is 10.3. The Morgan fingerprint density at radius 3 is 2.86 bits per heavy atom. The summed E-state index contributed by atoms with van der Waals surface area (Å²) in [5.74, 6) is 0. The highest BCUT2D eigenvalue weighted by atomic mass is 32.1. The van der Waals surface area contributed by atoms with E-state index in [1.807, 2.05) is 13.0 Å². The van der Waals surface area contributed by atoms with Crippen LogP contribution in [0.25, 0.3) is 0 Å². The number of hydrazone groups is 1. The molecule has 0 radical (unpaired) electrons. The zero-order chi connectivity index (χ0) is 10.6. The average molecular weight is 209 g/mol. The Labute approximate surface area is 87.6 Å². The van der Waals surface area contributed by atoms with Crippen LogP contribution in [0, 0.1) is 0 Å². The Balaban J connectivity index is 2.85. The Hall–Kier alpha value is -1.56. The summed E-state index contributed by atoms with van der Waals surface area (Å²) >= 11 is 4.75. The molecule has 1 aromatic heterocycles. The first-order valence-electron chi connectivity index (χ1n) is 3.97. The van der Waals surface area contributed by atoms with Gasteiger partial charge in [0.05, 0.1) is 5.71 Å². The first-order valence-corrected chi connectivity index (χ1v) is 4.38. The summed E-state index contributed by atoms with van der Waals surface area (Å²) in [6.45, 7) is 1.82. The first kappa shape index (κ1) is 10.5. The fraction of sp³-hybridized carbons (Fsp3) is 0.250. The maximum Gasteiger partial charge on any atom is 0.186 e. The van der Waals surface area contributed by atoms with E-state index in [0.29, 0.717) is 11.4 Å². The smallest absolute Gasteiger partial charge is 0.186 e. The van der Waals surface area contributed by atoms with E-state index in [-0.39, 0.29) is 5.11 Å². The standard InChI is InChI=1S/C8H11N5S/c1-6(12-13(2)8(9)14)7-4-3-5-10-11-7/h3-5H,1-2H3,(H2,9,14)/b12-6+. The third-order valence-electron chi connectivity index (χ3n) is 1.56. The van der Waals surface area contributed by atoms with E-state index in [2.05, 4.69) is 15.3 Å². The van der Waals surface area contributed by atoms with Crippen LogP contribution >= 0.6 is 12.2 Å². The van der Waals surface area contributed by atoms with Crippen LogP contribution in [0.4, 0.5) is 0 Å². The van der Waals surface area contributed by atoms with Crippen molar-refractivity contribution in [2.75, 3.05) is 7.05 Å². The van der Waals surface area contributed by atoms with Crippen LogP contribution in [0.5, 0.6) is 0 Å². The van der Waals surface area contributed by atoms with Gasteiger partial charge in [0.1, 0.15) is 5.69 Å². The van der Waals surface area contributed by atoms with Crippen molar-refractivity contribution in [2.24, 2.45) is 10.8 Å². The van der Waals surface area contributed by atoms with Gasteiger partial charge in [0.25, 0.3) is 0 Å². The SMILES string of the molecule is C/C(=N\N(C)C(N)=S)c1cccnn1. The summed E-state index contributed by atoms with van der Waals surface area (Å²) in [5.41, 5.74) is 6.80. The molecule has 0 aliphatic rings. The van der Waals surface area contributed by atoms with E-state index in [4.69, 9.17) is 18.0 Å². The van der Waals surface area contributed by atoms with E-state index in [9.17, 15) is 0 Å². The van der Waals surface area contributed by atoms with Crippen LogP contribution in [-0.2, 0) is 0 Å². The van der Waals surface area contributed by atoms with Gasteiger partial charge in [-0.1, -0.05) is 0 Å². The molecule has 74 valence electrons. The molecule has 0 saturated carbocycles. The van der Waals surface area contributed by atoms with Crippen molar-refractivity contribution >= 4 is 23.0 Å². The van der Waals surface area contributed by atoms with Crippen molar-refractivity contribution in [1.29, 1.82) is 0 Å². The van der Waals surface area contributed by atoms with Crippen LogP contribution in [0.3, 0.4) is 0 Å². The van der Waals surface area contributed by atoms with Gasteiger partial charge in [-0.3, -0.25) is 0 Å². The molecule has 0 amide bonds. The Morgan fingerprint density at radius 2 is 2.36 bits per heavy atom. The third-order valence-corrected chi connectivity index (χ3v) is 1.83. The lowest BCUT2D eigenvalue weighted by Gasteiger charge is -2.10. The number of rotatable bonds is 2. The highest BCUT2D eigenvalue weighted by molar-refractivity contribution is 7.80. The Kier molecular flexibility index (Phi) is 3.47. The summed E-state index contributed by atoms with van der Waals surface area (Å²) in [7, 11) is 1.68. The second-order valence-corrected chi connectivity index (χ2v) is 3.07. The maximum absolute atomic E-state index is 5.38. The molecule has 14 heavy (non-hydrogen) atoms. The largest absolute Gasteiger partial charge is 0.375 e. The van der Waals surface area contributed by atoms with E-state index >= 15 is 0 Å². The molecule has 0 bridgehead atoms. The van der Waals surface area contributed by atoms with Crippen molar-refractivity contribution in [1.82, 2.24) is 15.2 Å². The van der Waals surface area contributed by atoms with E-state index in [0.717, 1.165) is 0 Å². The molecule has 1 heterocycles. The average Bonchev–Trinajstić information content (AvgIpc) is 2.19. The first-order chi connectivity index (χ1) is 6.61. The third kappa shape index (κ3) is 2.74. The second-order valence-electron chi connectivity index (χ2n) is 2.66. The van der Waals surface area contributed by atoms with Gasteiger partial charge < -0.3 is 5.73 Å². The molecule has 2 N–H and O–H groups in total. The predicted molar refractivity (Wildman–Crippen MR) is 58.8 cm³/mol. The molecular formula is C8H11N5S. The molecule has 5 nitrogen and oxygen atoms in total. The maximum atomic E-state index is 5.38. The minimum Gasteiger partial charge on any atom is -0.375 e. The van der Waals surface area contributed by atoms with Gasteiger partial charge >= 0.3 is 0 Å². The summed E-state index contributed by atoms with van der Waals surface area (Å²) in [6, 6.07) is 3.61. The molecule has 0 aromatic carbocycles. The summed E-state index contributed by atoms with van der Waals surface area (Å²) in [4.78, 5) is 0. The van der Waals surface area contributed by atoms with Crippen molar-refractivity contribution in [3.63, 3.8) is 0 Å². The van der Waals surface area contributed by atoms with E-state index < -0.39 is 0 Å². The van der Waals surface area contributed by atoms with Crippen molar-refractivity contribution < 1.29 is 0 Å². The van der Waals surface area contributed by atoms with Gasteiger partial charge in [-0.25, -0.2) is 5.01 Å². The number of hydrogen-bond acceptors (Lipinski definition) is 4. The number of aromatic nitrogens is 2. The molecule has 0 unspecified atom stereocenters. The highest BCUT2D eigenvalue weighted by Crippen LogP contribution is 1.96. The Morgan fingerprint density at radius 1 is 1.64 bits per heavy atom. The van der Waals surface area contributed by atoms with Crippen LogP contribution in [0.2, 0.25) is 0 Å². The predicted octanol–water partition coefficient (Wildman–Crippen LogP) is 0.376. The number of thiocarbonyl (C=S) groups is 1. The number of hydrogen-bond donors (Lipinski definition) is 1. The van der Waals surface area contributed by atoms with Crippen molar-refractivity contribution in [3.05, 3.63) is 24.0 Å². The minimum atomic E-state index is 0.216. The number of nitrogens with two attached hydrogens (primary N) is 1. The summed E-state index contributed by atoms with van der Waals surface area (Å²) in [6.07, 6.45) is 1.61. The molecule has 1 aromatic rings. The molecule has 0 aliphatic carbocycles. The fourth-order valence-electron chi connectivity index (χ4n) is 0.820. The van der Waals surface area contributed by atoms with Gasteiger partial charge in [-0.2, -0.15) is 10.2 Å². The van der Waals surface area contributed by atoms with Gasteiger partial charge in [0, 0.05) is 13.2 Å². The topological polar surface area (TPSA) is 67.4 Å². The lowest BCUT2D eigenvalue weighted by Crippen LogP contribution is -2.28. The zero-order valence-corrected chi connectivity index (χ0v) is 8.82. The molecule has 1 rings (SSSR count). The number of nitrogens with zero attached hydrogens (tertiary/aromatic N) is 4. The molecule has 0 spiro atoms. The van der Waals surface area contributed by atoms with E-state index in [1.54, 1.807) is 19.3 Å². The van der Waals surface area contributed by atoms with Crippen molar-refractivity contribution in [2.45, 2.75) is 6.92 Å². The van der Waals surface area contributed by atoms with Crippen LogP contribution < -0.4 is 5.73 Å². The van der Waals surface area contributed by atoms with Crippen LogP contribution in [0.15, 0.2) is 23.4 Å². The molecule has 0 atom stereocenters. The van der Waals surface area contributed by atoms with Crippen molar-refractivity contribution in [3.8, 4) is 0 Å². The molecular weight excluding hydrogens is 198 g/mol. The molecule has 0 saturated heterocycles. The molecule has 6 heteroatoms. The van der Waals surface area contributed by atoms with E-state index in [1.165, 1.54) is 5.01 Å². The highest BCUT2D eigenvalue weighted by Gasteiger charge is 2.01. The van der Waals surface area contributed by atoms with Crippen LogP contribution in [-0.4, -0.2) is 33.1 Å². The van der Waals surface area contributed by atoms with Gasteiger partial charge in [-0.15, -0.1) is 5.10 Å².